The average Bonchev–Trinajstić information content (AvgIpc) is 3.47. The minimum Gasteiger partial charge on any atom is -0.426 e. The number of carbonyl (C=O) groups excluding carboxylic acids is 3. The highest BCUT2D eigenvalue weighted by atomic mass is 19.4. The van der Waals surface area contributed by atoms with Gasteiger partial charge in [0.05, 0.1) is 5.56 Å². The zero-order chi connectivity index (χ0) is 31.5. The van der Waals surface area contributed by atoms with Gasteiger partial charge in [0, 0.05) is 45.0 Å². The highest BCUT2D eigenvalue weighted by Gasteiger charge is 2.60. The Kier molecular flexibility index (Phi) is 10.1. The Morgan fingerprint density at radius 3 is 2.02 bits per heavy atom. The minimum absolute atomic E-state index is 0.0735. The first kappa shape index (κ1) is 33.5. The summed E-state index contributed by atoms with van der Waals surface area (Å²) in [5.41, 5.74) is -0.00553. The van der Waals surface area contributed by atoms with Crippen LogP contribution in [0.3, 0.4) is 0 Å². The molecule has 7 nitrogen and oxygen atoms in total. The molecule has 1 spiro atoms. The summed E-state index contributed by atoms with van der Waals surface area (Å²) >= 11 is 0. The van der Waals surface area contributed by atoms with Crippen LogP contribution in [-0.2, 0) is 27.0 Å². The number of likely N-dealkylation sites (tertiary alicyclic amines) is 2. The molecule has 1 aromatic carbocycles. The number of benzene rings is 1. The molecule has 1 aromatic rings. The standard InChI is InChI=1S/C25H30F9N3O2.CO2/c1-16-2-6-37(13-16)19-11-17(10-18(12-19)23(26,27)28)14-35-7-3-22(15-35)4-8-36(9-5-22)21(38)39-20(24(29,30)31)25(32,33)34;2-1-3/h10-12,16,20H,2-9,13-15H2,1H3;. The van der Waals surface area contributed by atoms with Gasteiger partial charge in [-0.25, -0.2) is 4.79 Å². The molecule has 16 heteroatoms. The van der Waals surface area contributed by atoms with Crippen LogP contribution in [-0.4, -0.2) is 79.8 Å². The van der Waals surface area contributed by atoms with Crippen molar-refractivity contribution in [2.45, 2.75) is 63.8 Å². The first-order chi connectivity index (χ1) is 19.4. The average molecular weight is 620 g/mol. The van der Waals surface area contributed by atoms with Gasteiger partial charge in [-0.2, -0.15) is 49.1 Å². The van der Waals surface area contributed by atoms with Crippen LogP contribution < -0.4 is 4.90 Å². The summed E-state index contributed by atoms with van der Waals surface area (Å²) in [6.45, 7) is 4.60. The Balaban J connectivity index is 0.00000155. The van der Waals surface area contributed by atoms with Crippen molar-refractivity contribution < 1.29 is 58.6 Å². The van der Waals surface area contributed by atoms with Gasteiger partial charge in [0.15, 0.2) is 0 Å². The van der Waals surface area contributed by atoms with Gasteiger partial charge in [-0.05, 0) is 67.3 Å². The van der Waals surface area contributed by atoms with E-state index in [4.69, 9.17) is 9.59 Å². The molecule has 3 heterocycles. The molecule has 0 aromatic heterocycles. The topological polar surface area (TPSA) is 70.2 Å². The SMILES string of the molecule is CC1CCN(c2cc(CN3CCC4(CCN(C(=O)OC(C(F)(F)F)C(F)(F)F)CC4)C3)cc(C(F)(F)F)c2)C1.O=C=O. The quantitative estimate of drug-likeness (QED) is 0.392. The summed E-state index contributed by atoms with van der Waals surface area (Å²) in [6, 6.07) is 4.09. The summed E-state index contributed by atoms with van der Waals surface area (Å²) in [5.74, 6) is 0.386. The van der Waals surface area contributed by atoms with Gasteiger partial charge in [0.1, 0.15) is 0 Å². The molecule has 0 aliphatic carbocycles. The van der Waals surface area contributed by atoms with Crippen LogP contribution >= 0.6 is 0 Å². The molecule has 3 aliphatic heterocycles. The number of anilines is 1. The largest absolute Gasteiger partial charge is 0.434 e. The second-order valence-corrected chi connectivity index (χ2v) is 11.1. The van der Waals surface area contributed by atoms with Gasteiger partial charge in [0.2, 0.25) is 0 Å². The number of hydrogen-bond donors (Lipinski definition) is 0. The second kappa shape index (κ2) is 12.7. The predicted molar refractivity (Wildman–Crippen MR) is 128 cm³/mol. The smallest absolute Gasteiger partial charge is 0.426 e. The van der Waals surface area contributed by atoms with Crippen LogP contribution in [0.1, 0.15) is 43.7 Å². The number of alkyl halides is 9. The first-order valence-corrected chi connectivity index (χ1v) is 13.1. The second-order valence-electron chi connectivity index (χ2n) is 11.1. The fourth-order valence-corrected chi connectivity index (χ4v) is 5.77. The van der Waals surface area contributed by atoms with Crippen molar-refractivity contribution >= 4 is 17.9 Å². The zero-order valence-electron chi connectivity index (χ0n) is 22.5. The number of nitrogens with zero attached hydrogens (tertiary/aromatic N) is 3. The molecular formula is C26H30F9N3O4. The van der Waals surface area contributed by atoms with E-state index in [9.17, 15) is 44.3 Å². The van der Waals surface area contributed by atoms with Crippen molar-refractivity contribution in [3.63, 3.8) is 0 Å². The van der Waals surface area contributed by atoms with E-state index in [1.807, 2.05) is 16.7 Å². The lowest BCUT2D eigenvalue weighted by Gasteiger charge is -2.39. The molecule has 236 valence electrons. The zero-order valence-corrected chi connectivity index (χ0v) is 22.5. The number of carbonyl (C=O) groups is 1. The van der Waals surface area contributed by atoms with E-state index < -0.39 is 36.3 Å². The summed E-state index contributed by atoms with van der Waals surface area (Å²) in [7, 11) is 0. The fraction of sp³-hybridized carbons (Fsp3) is 0.692. The highest BCUT2D eigenvalue weighted by molar-refractivity contribution is 5.68. The number of ether oxygens (including phenoxy) is 1. The van der Waals surface area contributed by atoms with Crippen LogP contribution in [0, 0.1) is 11.3 Å². The highest BCUT2D eigenvalue weighted by Crippen LogP contribution is 2.42. The van der Waals surface area contributed by atoms with Gasteiger partial charge in [-0.1, -0.05) is 6.92 Å². The maximum absolute atomic E-state index is 13.6. The van der Waals surface area contributed by atoms with Crippen molar-refractivity contribution in [1.82, 2.24) is 9.80 Å². The lowest BCUT2D eigenvalue weighted by Crippen LogP contribution is -2.50. The van der Waals surface area contributed by atoms with Crippen LogP contribution in [0.2, 0.25) is 0 Å². The molecule has 42 heavy (non-hydrogen) atoms. The fourth-order valence-electron chi connectivity index (χ4n) is 5.77. The van der Waals surface area contributed by atoms with Crippen molar-refractivity contribution in [2.24, 2.45) is 11.3 Å². The van der Waals surface area contributed by atoms with Crippen LogP contribution in [0.25, 0.3) is 0 Å². The van der Waals surface area contributed by atoms with E-state index in [-0.39, 0.29) is 31.2 Å². The molecule has 3 aliphatic rings. The third kappa shape index (κ3) is 8.52. The van der Waals surface area contributed by atoms with E-state index in [2.05, 4.69) is 4.74 Å². The molecule has 0 N–H and O–H groups in total. The van der Waals surface area contributed by atoms with E-state index >= 15 is 0 Å². The van der Waals surface area contributed by atoms with Crippen molar-refractivity contribution in [3.8, 4) is 0 Å². The first-order valence-electron chi connectivity index (χ1n) is 13.1. The third-order valence-corrected chi connectivity index (χ3v) is 7.91. The van der Waals surface area contributed by atoms with Gasteiger partial charge in [-0.15, -0.1) is 0 Å². The summed E-state index contributed by atoms with van der Waals surface area (Å²) < 4.78 is 121. The van der Waals surface area contributed by atoms with Crippen molar-refractivity contribution in [3.05, 3.63) is 29.3 Å². The monoisotopic (exact) mass is 619 g/mol. The van der Waals surface area contributed by atoms with E-state index in [1.54, 1.807) is 6.07 Å². The Morgan fingerprint density at radius 2 is 1.52 bits per heavy atom. The molecule has 1 amide bonds. The molecule has 0 radical (unpaired) electrons. The molecule has 0 bridgehead atoms. The molecule has 1 atom stereocenters. The number of halogens is 9. The van der Waals surface area contributed by atoms with Crippen LogP contribution in [0.5, 0.6) is 0 Å². The summed E-state index contributed by atoms with van der Waals surface area (Å²) in [6.07, 6.45) is -19.5. The summed E-state index contributed by atoms with van der Waals surface area (Å²) in [5, 5.41) is 0. The van der Waals surface area contributed by atoms with Crippen molar-refractivity contribution in [1.29, 1.82) is 0 Å². The van der Waals surface area contributed by atoms with E-state index in [1.165, 1.54) is 6.07 Å². The molecule has 4 rings (SSSR count). The van der Waals surface area contributed by atoms with Gasteiger partial charge < -0.3 is 14.5 Å². The maximum atomic E-state index is 13.6. The van der Waals surface area contributed by atoms with Gasteiger partial charge >= 0.3 is 30.8 Å². The molecule has 3 fully saturated rings. The third-order valence-electron chi connectivity index (χ3n) is 7.91. The molecule has 0 saturated carbocycles. The molecular weight excluding hydrogens is 589 g/mol. The molecule has 1 unspecified atom stereocenters. The van der Waals surface area contributed by atoms with Gasteiger partial charge in [-0.3, -0.25) is 4.90 Å². The lowest BCUT2D eigenvalue weighted by atomic mass is 9.78. The normalized spacial score (nSPS) is 21.4. The van der Waals surface area contributed by atoms with E-state index in [0.29, 0.717) is 62.6 Å². The number of amides is 1. The number of rotatable bonds is 4. The van der Waals surface area contributed by atoms with Crippen LogP contribution in [0.15, 0.2) is 18.2 Å². The Labute approximate surface area is 235 Å². The Bertz CT molecular complexity index is 1110. The maximum Gasteiger partial charge on any atom is 0.434 e. The van der Waals surface area contributed by atoms with Crippen molar-refractivity contribution in [2.75, 3.05) is 44.2 Å². The Hall–Kier alpha value is -3.00. The number of piperidine rings is 1. The number of hydrogen-bond acceptors (Lipinski definition) is 6. The lowest BCUT2D eigenvalue weighted by molar-refractivity contribution is -0.308. The summed E-state index contributed by atoms with van der Waals surface area (Å²) in [4.78, 5) is 33.1. The van der Waals surface area contributed by atoms with Crippen LogP contribution in [0.4, 0.5) is 50.0 Å². The Morgan fingerprint density at radius 1 is 0.952 bits per heavy atom. The predicted octanol–water partition coefficient (Wildman–Crippen LogP) is 5.89. The van der Waals surface area contributed by atoms with E-state index in [0.717, 1.165) is 17.4 Å². The van der Waals surface area contributed by atoms with Gasteiger partial charge in [0.25, 0.3) is 6.10 Å². The minimum atomic E-state index is -5.78. The molecule has 3 saturated heterocycles.